The van der Waals surface area contributed by atoms with Gasteiger partial charge in [0.1, 0.15) is 0 Å². The van der Waals surface area contributed by atoms with Crippen molar-refractivity contribution in [2.24, 2.45) is 5.41 Å². The Morgan fingerprint density at radius 1 is 1.00 bits per heavy atom. The van der Waals surface area contributed by atoms with Crippen molar-refractivity contribution in [2.45, 2.75) is 45.1 Å². The minimum absolute atomic E-state index is 0.148. The predicted octanol–water partition coefficient (Wildman–Crippen LogP) is 2.99. The highest BCUT2D eigenvalue weighted by molar-refractivity contribution is 7.89. The van der Waals surface area contributed by atoms with E-state index in [-0.39, 0.29) is 11.2 Å². The number of likely N-dealkylation sites (tertiary alicyclic amines) is 1. The Hall–Kier alpha value is -2.46. The number of nitrogens with zero attached hydrogens (tertiary/aromatic N) is 3. The van der Waals surface area contributed by atoms with Gasteiger partial charge < -0.3 is 10.2 Å². The monoisotopic (exact) mass is 551 g/mol. The van der Waals surface area contributed by atoms with Crippen LogP contribution in [-0.4, -0.2) is 89.0 Å². The summed E-state index contributed by atoms with van der Waals surface area (Å²) in [5.74, 6) is -5.30. The van der Waals surface area contributed by atoms with Gasteiger partial charge in [-0.25, -0.2) is 22.3 Å². The first-order valence-corrected chi connectivity index (χ1v) is 12.2. The van der Waals surface area contributed by atoms with Gasteiger partial charge in [-0.2, -0.15) is 26.3 Å². The Kier molecular flexibility index (Phi) is 11.1. The molecule has 2 saturated heterocycles. The standard InChI is InChI=1S/C16H25N3O2S.2C2HF3O2/c1-2-22(20,21)19-11-8-16(14-19)7-5-10-18(13-16)12-15-6-3-4-9-17-15;2*3-2(4,5)1(6)7/h3-4,6,9H,2,5,7-8,10-14H2,1H3;2*(H,6,7). The van der Waals surface area contributed by atoms with Crippen molar-refractivity contribution in [3.8, 4) is 0 Å². The molecule has 0 radical (unpaired) electrons. The molecule has 2 aliphatic heterocycles. The van der Waals surface area contributed by atoms with Crippen LogP contribution >= 0.6 is 0 Å². The smallest absolute Gasteiger partial charge is 0.475 e. The molecule has 0 amide bonds. The molecule has 206 valence electrons. The van der Waals surface area contributed by atoms with Gasteiger partial charge in [0.15, 0.2) is 0 Å². The molecule has 16 heteroatoms. The van der Waals surface area contributed by atoms with Gasteiger partial charge in [0.05, 0.1) is 11.4 Å². The molecule has 9 nitrogen and oxygen atoms in total. The minimum atomic E-state index is -5.08. The number of rotatable bonds is 4. The van der Waals surface area contributed by atoms with Gasteiger partial charge in [-0.1, -0.05) is 6.07 Å². The van der Waals surface area contributed by atoms with Crippen molar-refractivity contribution in [3.05, 3.63) is 30.1 Å². The Labute approximate surface area is 203 Å². The number of carboxylic acid groups (broad SMARTS) is 2. The Morgan fingerprint density at radius 2 is 1.56 bits per heavy atom. The summed E-state index contributed by atoms with van der Waals surface area (Å²) >= 11 is 0. The zero-order valence-electron chi connectivity index (χ0n) is 19.2. The fourth-order valence-electron chi connectivity index (χ4n) is 3.81. The Morgan fingerprint density at radius 3 is 2.00 bits per heavy atom. The molecule has 0 aliphatic carbocycles. The van der Waals surface area contributed by atoms with Crippen molar-refractivity contribution in [1.29, 1.82) is 0 Å². The fourth-order valence-corrected chi connectivity index (χ4v) is 5.02. The predicted molar refractivity (Wildman–Crippen MR) is 114 cm³/mol. The highest BCUT2D eigenvalue weighted by atomic mass is 32.2. The first-order valence-electron chi connectivity index (χ1n) is 10.6. The van der Waals surface area contributed by atoms with Crippen molar-refractivity contribution in [3.63, 3.8) is 0 Å². The maximum Gasteiger partial charge on any atom is 0.490 e. The van der Waals surface area contributed by atoms with Crippen LogP contribution in [-0.2, 0) is 26.2 Å². The van der Waals surface area contributed by atoms with Crippen LogP contribution in [0.4, 0.5) is 26.3 Å². The van der Waals surface area contributed by atoms with Crippen molar-refractivity contribution >= 4 is 22.0 Å². The van der Waals surface area contributed by atoms with Gasteiger partial charge in [-0.3, -0.25) is 9.88 Å². The number of hydrogen-bond donors (Lipinski definition) is 2. The molecule has 1 atom stereocenters. The molecule has 1 unspecified atom stereocenters. The lowest BCUT2D eigenvalue weighted by Gasteiger charge is -2.40. The van der Waals surface area contributed by atoms with Crippen molar-refractivity contribution < 1.29 is 54.6 Å². The van der Waals surface area contributed by atoms with Crippen LogP contribution in [0.2, 0.25) is 0 Å². The van der Waals surface area contributed by atoms with Gasteiger partial charge >= 0.3 is 24.3 Å². The molecule has 0 saturated carbocycles. The summed E-state index contributed by atoms with van der Waals surface area (Å²) in [7, 11) is -3.05. The number of carboxylic acids is 2. The highest BCUT2D eigenvalue weighted by Crippen LogP contribution is 2.40. The van der Waals surface area contributed by atoms with Crippen LogP contribution in [0.1, 0.15) is 31.9 Å². The number of carbonyl (C=O) groups is 2. The molecule has 2 fully saturated rings. The van der Waals surface area contributed by atoms with Crippen LogP contribution in [0.15, 0.2) is 24.4 Å². The average Bonchev–Trinajstić information content (AvgIpc) is 3.18. The second-order valence-corrected chi connectivity index (χ2v) is 10.5. The summed E-state index contributed by atoms with van der Waals surface area (Å²) in [6.45, 7) is 6.05. The number of aliphatic carboxylic acids is 2. The summed E-state index contributed by atoms with van der Waals surface area (Å²) in [6, 6.07) is 6.02. The molecule has 2 aliphatic rings. The van der Waals surface area contributed by atoms with Crippen LogP contribution in [0.3, 0.4) is 0 Å². The number of sulfonamides is 1. The lowest BCUT2D eigenvalue weighted by molar-refractivity contribution is -0.193. The maximum atomic E-state index is 12.1. The van der Waals surface area contributed by atoms with Crippen LogP contribution in [0.25, 0.3) is 0 Å². The van der Waals surface area contributed by atoms with E-state index in [0.717, 1.165) is 44.6 Å². The zero-order valence-corrected chi connectivity index (χ0v) is 20.0. The molecule has 0 bridgehead atoms. The Bertz CT molecular complexity index is 950. The number of aromatic nitrogens is 1. The third kappa shape index (κ3) is 10.3. The van der Waals surface area contributed by atoms with Gasteiger partial charge in [0, 0.05) is 32.4 Å². The van der Waals surface area contributed by atoms with Crippen LogP contribution < -0.4 is 0 Å². The first kappa shape index (κ1) is 31.6. The van der Waals surface area contributed by atoms with E-state index in [2.05, 4.69) is 16.0 Å². The molecule has 2 N–H and O–H groups in total. The maximum absolute atomic E-state index is 12.1. The van der Waals surface area contributed by atoms with E-state index in [4.69, 9.17) is 19.8 Å². The average molecular weight is 552 g/mol. The van der Waals surface area contributed by atoms with Crippen molar-refractivity contribution in [2.75, 3.05) is 31.9 Å². The van der Waals surface area contributed by atoms with E-state index in [0.29, 0.717) is 13.1 Å². The summed E-state index contributed by atoms with van der Waals surface area (Å²) in [5, 5.41) is 14.2. The quantitative estimate of drug-likeness (QED) is 0.547. The molecule has 36 heavy (non-hydrogen) atoms. The molecule has 3 rings (SSSR count). The van der Waals surface area contributed by atoms with Crippen LogP contribution in [0.5, 0.6) is 0 Å². The largest absolute Gasteiger partial charge is 0.490 e. The van der Waals surface area contributed by atoms with Gasteiger partial charge in [0.25, 0.3) is 0 Å². The number of hydrogen-bond acceptors (Lipinski definition) is 6. The molecular formula is C20H27F6N3O6S. The lowest BCUT2D eigenvalue weighted by Crippen LogP contribution is -2.45. The normalized spacial score (nSPS) is 21.2. The molecule has 1 aromatic heterocycles. The summed E-state index contributed by atoms with van der Waals surface area (Å²) < 4.78 is 89.4. The highest BCUT2D eigenvalue weighted by Gasteiger charge is 2.44. The van der Waals surface area contributed by atoms with E-state index >= 15 is 0 Å². The topological polar surface area (TPSA) is 128 Å². The number of piperidine rings is 1. The lowest BCUT2D eigenvalue weighted by atomic mass is 9.79. The number of pyridine rings is 1. The third-order valence-corrected chi connectivity index (χ3v) is 7.33. The SMILES string of the molecule is CCS(=O)(=O)N1CCC2(CCCN(Cc3ccccn3)C2)C1.O=C(O)C(F)(F)F.O=C(O)C(F)(F)F. The van der Waals surface area contributed by atoms with E-state index < -0.39 is 34.3 Å². The molecule has 1 spiro atoms. The number of halogens is 6. The molecule has 1 aromatic rings. The molecule has 3 heterocycles. The molecule has 0 aromatic carbocycles. The van der Waals surface area contributed by atoms with Gasteiger partial charge in [-0.05, 0) is 50.3 Å². The van der Waals surface area contributed by atoms with Crippen molar-refractivity contribution in [1.82, 2.24) is 14.2 Å². The third-order valence-electron chi connectivity index (χ3n) is 5.50. The Balaban J connectivity index is 0.000000383. The molecular weight excluding hydrogens is 524 g/mol. The fraction of sp³-hybridized carbons (Fsp3) is 0.650. The second kappa shape index (κ2) is 12.7. The zero-order chi connectivity index (χ0) is 27.8. The summed E-state index contributed by atoms with van der Waals surface area (Å²) in [4.78, 5) is 24.6. The number of alkyl halides is 6. The van der Waals surface area contributed by atoms with E-state index in [1.807, 2.05) is 18.3 Å². The van der Waals surface area contributed by atoms with Gasteiger partial charge in [-0.15, -0.1) is 0 Å². The second-order valence-electron chi connectivity index (χ2n) is 8.23. The summed E-state index contributed by atoms with van der Waals surface area (Å²) in [5.41, 5.74) is 1.24. The van der Waals surface area contributed by atoms with E-state index in [9.17, 15) is 34.8 Å². The van der Waals surface area contributed by atoms with Crippen LogP contribution in [0, 0.1) is 5.41 Å². The summed E-state index contributed by atoms with van der Waals surface area (Å²) in [6.07, 6.45) is -5.06. The van der Waals surface area contributed by atoms with Gasteiger partial charge in [0.2, 0.25) is 10.0 Å². The first-order chi connectivity index (χ1) is 16.4. The minimum Gasteiger partial charge on any atom is -0.475 e. The van der Waals surface area contributed by atoms with E-state index in [1.54, 1.807) is 11.2 Å². The van der Waals surface area contributed by atoms with E-state index in [1.165, 1.54) is 0 Å².